The van der Waals surface area contributed by atoms with Gasteiger partial charge in [0.2, 0.25) is 0 Å². The van der Waals surface area contributed by atoms with Gasteiger partial charge in [0, 0.05) is 42.6 Å². The van der Waals surface area contributed by atoms with Crippen molar-refractivity contribution in [2.24, 2.45) is 7.05 Å². The number of benzene rings is 2. The average Bonchev–Trinajstić information content (AvgIpc) is 3.50. The second-order valence-electron chi connectivity index (χ2n) is 9.06. The molecular formula is C28H24N8O2. The Morgan fingerprint density at radius 3 is 2.66 bits per heavy atom. The van der Waals surface area contributed by atoms with Crippen LogP contribution in [-0.2, 0) is 7.05 Å². The van der Waals surface area contributed by atoms with Crippen LogP contribution in [0.15, 0.2) is 90.2 Å². The fourth-order valence-electron chi connectivity index (χ4n) is 4.81. The number of nitrogens with one attached hydrogen (secondary N) is 1. The largest absolute Gasteiger partial charge is 0.381 e. The Labute approximate surface area is 217 Å². The second kappa shape index (κ2) is 9.00. The third-order valence-electron chi connectivity index (χ3n) is 6.55. The molecule has 38 heavy (non-hydrogen) atoms. The number of para-hydroxylation sites is 1. The van der Waals surface area contributed by atoms with E-state index in [0.717, 1.165) is 16.5 Å². The van der Waals surface area contributed by atoms with Crippen molar-refractivity contribution in [3.05, 3.63) is 107 Å². The maximum atomic E-state index is 14.2. The molecule has 10 heteroatoms. The summed E-state index contributed by atoms with van der Waals surface area (Å²) in [6.45, 7) is 1.83. The van der Waals surface area contributed by atoms with E-state index < -0.39 is 11.9 Å². The molecule has 0 fully saturated rings. The molecule has 6 aromatic rings. The number of hydrogen-bond donors (Lipinski definition) is 2. The summed E-state index contributed by atoms with van der Waals surface area (Å²) in [5.74, 6) is -0.353. The number of nitrogens with zero attached hydrogens (tertiary/aromatic N) is 6. The number of fused-ring (bicyclic) bond motifs is 2. The quantitative estimate of drug-likeness (QED) is 0.370. The van der Waals surface area contributed by atoms with Crippen molar-refractivity contribution >= 4 is 28.1 Å². The number of nitrogen functional groups attached to an aromatic ring is 1. The van der Waals surface area contributed by atoms with E-state index in [4.69, 9.17) is 5.73 Å². The summed E-state index contributed by atoms with van der Waals surface area (Å²) in [4.78, 5) is 31.8. The van der Waals surface area contributed by atoms with Gasteiger partial charge in [0.1, 0.15) is 5.56 Å². The Morgan fingerprint density at radius 2 is 1.89 bits per heavy atom. The van der Waals surface area contributed by atoms with E-state index >= 15 is 0 Å². The first-order valence-electron chi connectivity index (χ1n) is 12.0. The summed E-state index contributed by atoms with van der Waals surface area (Å²) < 4.78 is 4.81. The molecule has 0 saturated carbocycles. The molecule has 0 unspecified atom stereocenters. The van der Waals surface area contributed by atoms with Crippen LogP contribution in [0.4, 0.5) is 5.82 Å². The van der Waals surface area contributed by atoms with Crippen LogP contribution in [-0.4, -0.2) is 34.9 Å². The third kappa shape index (κ3) is 3.79. The molecule has 0 aliphatic heterocycles. The van der Waals surface area contributed by atoms with Gasteiger partial charge in [0.25, 0.3) is 11.5 Å². The number of nitrogens with two attached hydrogens (primary N) is 1. The molecule has 4 aromatic heterocycles. The third-order valence-corrected chi connectivity index (χ3v) is 6.55. The minimum atomic E-state index is -0.556. The number of carbonyl (C=O) groups is 1. The summed E-state index contributed by atoms with van der Waals surface area (Å²) in [6, 6.07) is 18.2. The van der Waals surface area contributed by atoms with E-state index in [0.29, 0.717) is 22.4 Å². The molecule has 10 nitrogen and oxygen atoms in total. The van der Waals surface area contributed by atoms with Gasteiger partial charge >= 0.3 is 0 Å². The minimum Gasteiger partial charge on any atom is -0.381 e. The van der Waals surface area contributed by atoms with Crippen LogP contribution in [0.5, 0.6) is 0 Å². The predicted molar refractivity (Wildman–Crippen MR) is 145 cm³/mol. The van der Waals surface area contributed by atoms with Gasteiger partial charge < -0.3 is 11.1 Å². The number of rotatable bonds is 5. The van der Waals surface area contributed by atoms with E-state index in [9.17, 15) is 9.59 Å². The molecule has 6 rings (SSSR count). The first kappa shape index (κ1) is 23.2. The predicted octanol–water partition coefficient (Wildman–Crippen LogP) is 3.51. The molecule has 0 aliphatic carbocycles. The molecule has 1 amide bonds. The molecule has 2 aromatic carbocycles. The van der Waals surface area contributed by atoms with Gasteiger partial charge in [0.05, 0.1) is 17.6 Å². The Bertz CT molecular complexity index is 1880. The number of anilines is 1. The van der Waals surface area contributed by atoms with Crippen LogP contribution >= 0.6 is 0 Å². The van der Waals surface area contributed by atoms with Crippen LogP contribution in [0.25, 0.3) is 33.2 Å². The van der Waals surface area contributed by atoms with Crippen LogP contribution in [0.2, 0.25) is 0 Å². The number of aromatic nitrogens is 6. The van der Waals surface area contributed by atoms with Gasteiger partial charge in [-0.3, -0.25) is 18.8 Å². The number of carbonyl (C=O) groups excluding carboxylic acids is 1. The highest BCUT2D eigenvalue weighted by molar-refractivity contribution is 6.04. The molecular weight excluding hydrogens is 480 g/mol. The number of pyridine rings is 1. The van der Waals surface area contributed by atoms with E-state index in [2.05, 4.69) is 20.5 Å². The molecule has 3 N–H and O–H groups in total. The van der Waals surface area contributed by atoms with Crippen molar-refractivity contribution in [1.82, 2.24) is 34.3 Å². The van der Waals surface area contributed by atoms with Crippen molar-refractivity contribution in [2.45, 2.75) is 13.0 Å². The smallest absolute Gasteiger partial charge is 0.263 e. The van der Waals surface area contributed by atoms with E-state index in [1.54, 1.807) is 33.9 Å². The average molecular weight is 505 g/mol. The zero-order valence-corrected chi connectivity index (χ0v) is 20.7. The first-order valence-corrected chi connectivity index (χ1v) is 12.0. The topological polar surface area (TPSA) is 125 Å². The normalized spacial score (nSPS) is 12.2. The lowest BCUT2D eigenvalue weighted by molar-refractivity contribution is 0.0941. The van der Waals surface area contributed by atoms with Crippen LogP contribution in [0.3, 0.4) is 0 Å². The lowest BCUT2D eigenvalue weighted by Gasteiger charge is -2.21. The van der Waals surface area contributed by atoms with Crippen LogP contribution in [0.1, 0.15) is 29.0 Å². The van der Waals surface area contributed by atoms with E-state index in [-0.39, 0.29) is 16.9 Å². The fraction of sp³-hybridized carbons (Fsp3) is 0.107. The Morgan fingerprint density at radius 1 is 1.08 bits per heavy atom. The van der Waals surface area contributed by atoms with Gasteiger partial charge in [-0.15, -0.1) is 5.10 Å². The zero-order chi connectivity index (χ0) is 26.4. The lowest BCUT2D eigenvalue weighted by Crippen LogP contribution is -2.32. The summed E-state index contributed by atoms with van der Waals surface area (Å²) in [5.41, 5.74) is 9.36. The standard InChI is InChI=1S/C28H24N8O2/c1-17(32-27(37)24-25(29)33-35-13-7-12-30-26(24)35)22-14-18-8-6-11-21(19-15-31-34(2)16-19)23(18)28(38)36(22)20-9-4-3-5-10-20/h3-17H,1-2H3,(H2,29,33)(H,32,37)/t17-/m0/s1. The highest BCUT2D eigenvalue weighted by Crippen LogP contribution is 2.29. The van der Waals surface area contributed by atoms with Crippen LogP contribution in [0, 0.1) is 0 Å². The number of aryl methyl sites for hydroxylation is 1. The van der Waals surface area contributed by atoms with Crippen LogP contribution < -0.4 is 16.6 Å². The van der Waals surface area contributed by atoms with Gasteiger partial charge in [-0.2, -0.15) is 5.10 Å². The summed E-state index contributed by atoms with van der Waals surface area (Å²) in [6.07, 6.45) is 6.88. The van der Waals surface area contributed by atoms with Gasteiger partial charge in [-0.05, 0) is 42.1 Å². The number of hydrogen-bond acceptors (Lipinski definition) is 6. The molecule has 0 spiro atoms. The highest BCUT2D eigenvalue weighted by Gasteiger charge is 2.24. The SMILES string of the molecule is C[C@H](NC(=O)c1c(N)nn2cccnc12)c1cc2cccc(-c3cnn(C)c3)c2c(=O)n1-c1ccccc1. The maximum absolute atomic E-state index is 14.2. The molecule has 0 saturated heterocycles. The summed E-state index contributed by atoms with van der Waals surface area (Å²) in [5, 5.41) is 12.8. The summed E-state index contributed by atoms with van der Waals surface area (Å²) in [7, 11) is 1.84. The van der Waals surface area contributed by atoms with Crippen molar-refractivity contribution in [1.29, 1.82) is 0 Å². The van der Waals surface area contributed by atoms with Gasteiger partial charge in [-0.25, -0.2) is 9.50 Å². The molecule has 4 heterocycles. The maximum Gasteiger partial charge on any atom is 0.263 e. The Balaban J connectivity index is 1.51. The molecule has 188 valence electrons. The highest BCUT2D eigenvalue weighted by atomic mass is 16.2. The summed E-state index contributed by atoms with van der Waals surface area (Å²) >= 11 is 0. The van der Waals surface area contributed by atoms with Gasteiger partial charge in [-0.1, -0.05) is 36.4 Å². The van der Waals surface area contributed by atoms with E-state index in [1.807, 2.05) is 74.8 Å². The first-order chi connectivity index (χ1) is 18.4. The number of amides is 1. The molecule has 0 bridgehead atoms. The Kier molecular flexibility index (Phi) is 5.49. The molecule has 0 aliphatic rings. The molecule has 0 radical (unpaired) electrons. The monoisotopic (exact) mass is 504 g/mol. The van der Waals surface area contributed by atoms with Crippen molar-refractivity contribution in [3.8, 4) is 16.8 Å². The fourth-order valence-corrected chi connectivity index (χ4v) is 4.81. The minimum absolute atomic E-state index is 0.0773. The van der Waals surface area contributed by atoms with Crippen molar-refractivity contribution < 1.29 is 4.79 Å². The van der Waals surface area contributed by atoms with Crippen molar-refractivity contribution in [2.75, 3.05) is 5.73 Å². The van der Waals surface area contributed by atoms with Gasteiger partial charge in [0.15, 0.2) is 11.5 Å². The van der Waals surface area contributed by atoms with Crippen molar-refractivity contribution in [3.63, 3.8) is 0 Å². The van der Waals surface area contributed by atoms with E-state index in [1.165, 1.54) is 4.52 Å². The zero-order valence-electron chi connectivity index (χ0n) is 20.7. The second-order valence-corrected chi connectivity index (χ2v) is 9.06. The molecule has 1 atom stereocenters. The Hall–Kier alpha value is -5.25. The lowest BCUT2D eigenvalue weighted by atomic mass is 9.99.